The second-order valence-corrected chi connectivity index (χ2v) is 7.31. The Kier molecular flexibility index (Phi) is 5.40. The number of para-hydroxylation sites is 1. The summed E-state index contributed by atoms with van der Waals surface area (Å²) in [5.41, 5.74) is 3.33. The molecule has 1 unspecified atom stereocenters. The molecular formula is C22H26N4O3. The van der Waals surface area contributed by atoms with E-state index in [1.165, 1.54) is 0 Å². The summed E-state index contributed by atoms with van der Waals surface area (Å²) in [5, 5.41) is 6.92. The molecule has 0 spiro atoms. The molecule has 1 aromatic carbocycles. The Morgan fingerprint density at radius 3 is 2.62 bits per heavy atom. The molecule has 152 valence electrons. The molecule has 1 fully saturated rings. The van der Waals surface area contributed by atoms with Crippen molar-refractivity contribution in [3.63, 3.8) is 0 Å². The number of morpholine rings is 1. The molecule has 3 aromatic rings. The molecule has 0 radical (unpaired) electrons. The summed E-state index contributed by atoms with van der Waals surface area (Å²) in [6, 6.07) is 11.2. The van der Waals surface area contributed by atoms with Gasteiger partial charge in [0.25, 0.3) is 0 Å². The van der Waals surface area contributed by atoms with Gasteiger partial charge in [-0.05, 0) is 39.0 Å². The van der Waals surface area contributed by atoms with E-state index in [0.29, 0.717) is 18.9 Å². The number of hydrogen-bond acceptors (Lipinski definition) is 5. The third-order valence-corrected chi connectivity index (χ3v) is 5.28. The lowest BCUT2D eigenvalue weighted by atomic mass is 10.1. The van der Waals surface area contributed by atoms with Crippen LogP contribution in [-0.4, -0.2) is 37.3 Å². The fourth-order valence-corrected chi connectivity index (χ4v) is 3.68. The van der Waals surface area contributed by atoms with E-state index >= 15 is 0 Å². The van der Waals surface area contributed by atoms with Gasteiger partial charge < -0.3 is 24.7 Å². The highest BCUT2D eigenvalue weighted by atomic mass is 16.5. The summed E-state index contributed by atoms with van der Waals surface area (Å²) in [6.07, 6.45) is 0. The van der Waals surface area contributed by atoms with Crippen molar-refractivity contribution in [3.8, 4) is 0 Å². The maximum Gasteiger partial charge on any atom is 0.319 e. The van der Waals surface area contributed by atoms with E-state index in [-0.39, 0.29) is 12.1 Å². The van der Waals surface area contributed by atoms with Gasteiger partial charge in [-0.25, -0.2) is 9.78 Å². The van der Waals surface area contributed by atoms with Crippen molar-refractivity contribution >= 4 is 28.5 Å². The maximum atomic E-state index is 12.5. The van der Waals surface area contributed by atoms with Crippen molar-refractivity contribution < 1.29 is 13.9 Å². The highest BCUT2D eigenvalue weighted by Gasteiger charge is 2.19. The van der Waals surface area contributed by atoms with E-state index in [0.717, 1.165) is 46.9 Å². The lowest BCUT2D eigenvalue weighted by molar-refractivity contribution is 0.122. The highest BCUT2D eigenvalue weighted by molar-refractivity contribution is 5.90. The average molecular weight is 394 g/mol. The molecule has 0 bridgehead atoms. The van der Waals surface area contributed by atoms with Gasteiger partial charge in [0, 0.05) is 24.0 Å². The second-order valence-electron chi connectivity index (χ2n) is 7.31. The number of amides is 2. The van der Waals surface area contributed by atoms with Crippen LogP contribution in [0.2, 0.25) is 0 Å². The first-order chi connectivity index (χ1) is 14.0. The predicted octanol–water partition coefficient (Wildman–Crippen LogP) is 4.16. The minimum atomic E-state index is -0.290. The molecule has 0 saturated carbocycles. The van der Waals surface area contributed by atoms with Crippen molar-refractivity contribution in [2.24, 2.45) is 0 Å². The van der Waals surface area contributed by atoms with E-state index < -0.39 is 0 Å². The second kappa shape index (κ2) is 8.13. The van der Waals surface area contributed by atoms with Crippen LogP contribution in [0.1, 0.15) is 30.0 Å². The Hall–Kier alpha value is -3.06. The number of carbonyl (C=O) groups excluding carboxylic acids is 1. The largest absolute Gasteiger partial charge is 0.459 e. The molecule has 1 aliphatic rings. The van der Waals surface area contributed by atoms with Crippen LogP contribution in [0.3, 0.4) is 0 Å². The van der Waals surface area contributed by atoms with Crippen LogP contribution in [0.25, 0.3) is 11.0 Å². The molecule has 0 aliphatic carbocycles. The van der Waals surface area contributed by atoms with Gasteiger partial charge in [0.2, 0.25) is 0 Å². The SMILES string of the molecule is Cc1nc(N2CCOCC2)ccc1NC(=O)NC(C)c1oc2ccccc2c1C. The number of pyridine rings is 1. The normalized spacial score (nSPS) is 15.3. The van der Waals surface area contributed by atoms with Gasteiger partial charge in [-0.15, -0.1) is 0 Å². The summed E-state index contributed by atoms with van der Waals surface area (Å²) >= 11 is 0. The molecule has 2 N–H and O–H groups in total. The lowest BCUT2D eigenvalue weighted by Crippen LogP contribution is -2.37. The first kappa shape index (κ1) is 19.3. The number of benzene rings is 1. The highest BCUT2D eigenvalue weighted by Crippen LogP contribution is 2.29. The summed E-state index contributed by atoms with van der Waals surface area (Å²) < 4.78 is 11.3. The van der Waals surface area contributed by atoms with E-state index in [1.807, 2.05) is 57.2 Å². The maximum absolute atomic E-state index is 12.5. The van der Waals surface area contributed by atoms with Crippen molar-refractivity contribution in [1.82, 2.24) is 10.3 Å². The van der Waals surface area contributed by atoms with Gasteiger partial charge in [-0.1, -0.05) is 18.2 Å². The van der Waals surface area contributed by atoms with Crippen LogP contribution in [0.5, 0.6) is 0 Å². The molecule has 1 aliphatic heterocycles. The minimum absolute atomic E-state index is 0.261. The Bertz CT molecular complexity index is 1020. The first-order valence-electron chi connectivity index (χ1n) is 9.89. The number of hydrogen-bond donors (Lipinski definition) is 2. The number of urea groups is 1. The molecular weight excluding hydrogens is 368 g/mol. The third kappa shape index (κ3) is 4.05. The molecule has 29 heavy (non-hydrogen) atoms. The van der Waals surface area contributed by atoms with E-state index in [2.05, 4.69) is 20.5 Å². The zero-order chi connectivity index (χ0) is 20.4. The molecule has 3 heterocycles. The number of rotatable bonds is 4. The molecule has 7 nitrogen and oxygen atoms in total. The number of fused-ring (bicyclic) bond motifs is 1. The van der Waals surface area contributed by atoms with Crippen molar-refractivity contribution in [2.75, 3.05) is 36.5 Å². The van der Waals surface area contributed by atoms with E-state index in [9.17, 15) is 4.79 Å². The number of aryl methyl sites for hydroxylation is 2. The van der Waals surface area contributed by atoms with Crippen molar-refractivity contribution in [1.29, 1.82) is 0 Å². The summed E-state index contributed by atoms with van der Waals surface area (Å²) in [5.74, 6) is 1.67. The smallest absolute Gasteiger partial charge is 0.319 e. The fourth-order valence-electron chi connectivity index (χ4n) is 3.68. The molecule has 4 rings (SSSR count). The van der Waals surface area contributed by atoms with Crippen LogP contribution >= 0.6 is 0 Å². The average Bonchev–Trinajstić information content (AvgIpc) is 3.07. The zero-order valence-corrected chi connectivity index (χ0v) is 17.0. The Labute approximate surface area is 170 Å². The number of aromatic nitrogens is 1. The summed E-state index contributed by atoms with van der Waals surface area (Å²) in [6.45, 7) is 8.89. The Morgan fingerprint density at radius 2 is 1.90 bits per heavy atom. The molecule has 2 aromatic heterocycles. The Balaban J connectivity index is 1.43. The van der Waals surface area contributed by atoms with Crippen LogP contribution in [-0.2, 0) is 4.74 Å². The van der Waals surface area contributed by atoms with Crippen LogP contribution in [0.15, 0.2) is 40.8 Å². The summed E-state index contributed by atoms with van der Waals surface area (Å²) in [7, 11) is 0. The first-order valence-corrected chi connectivity index (χ1v) is 9.89. The molecule has 7 heteroatoms. The van der Waals surface area contributed by atoms with Gasteiger partial charge in [-0.2, -0.15) is 0 Å². The lowest BCUT2D eigenvalue weighted by Gasteiger charge is -2.28. The summed E-state index contributed by atoms with van der Waals surface area (Å²) in [4.78, 5) is 19.4. The molecule has 1 saturated heterocycles. The number of anilines is 2. The van der Waals surface area contributed by atoms with E-state index in [4.69, 9.17) is 9.15 Å². The number of nitrogens with one attached hydrogen (secondary N) is 2. The van der Waals surface area contributed by atoms with Crippen LogP contribution < -0.4 is 15.5 Å². The van der Waals surface area contributed by atoms with Crippen LogP contribution in [0.4, 0.5) is 16.3 Å². The van der Waals surface area contributed by atoms with Crippen molar-refractivity contribution in [3.05, 3.63) is 53.4 Å². The quantitative estimate of drug-likeness (QED) is 0.694. The minimum Gasteiger partial charge on any atom is -0.459 e. The van der Waals surface area contributed by atoms with Crippen molar-refractivity contribution in [2.45, 2.75) is 26.8 Å². The number of carbonyl (C=O) groups is 1. The van der Waals surface area contributed by atoms with Gasteiger partial charge >= 0.3 is 6.03 Å². The monoisotopic (exact) mass is 394 g/mol. The van der Waals surface area contributed by atoms with E-state index in [1.54, 1.807) is 0 Å². The number of nitrogens with zero attached hydrogens (tertiary/aromatic N) is 2. The number of furan rings is 1. The van der Waals surface area contributed by atoms with Crippen LogP contribution in [0, 0.1) is 13.8 Å². The Morgan fingerprint density at radius 1 is 1.14 bits per heavy atom. The van der Waals surface area contributed by atoms with Gasteiger partial charge in [-0.3, -0.25) is 0 Å². The standard InChI is InChI=1S/C22H26N4O3/c1-14-17-6-4-5-7-19(17)29-21(14)16(3)24-22(27)25-18-8-9-20(23-15(18)2)26-10-12-28-13-11-26/h4-9,16H,10-13H2,1-3H3,(H2,24,25,27). The zero-order valence-electron chi connectivity index (χ0n) is 17.0. The third-order valence-electron chi connectivity index (χ3n) is 5.28. The predicted molar refractivity (Wildman–Crippen MR) is 114 cm³/mol. The van der Waals surface area contributed by atoms with Gasteiger partial charge in [0.15, 0.2) is 0 Å². The van der Waals surface area contributed by atoms with Gasteiger partial charge in [0.1, 0.15) is 17.2 Å². The number of ether oxygens (including phenoxy) is 1. The fraction of sp³-hybridized carbons (Fsp3) is 0.364. The molecule has 1 atom stereocenters. The molecule has 2 amide bonds. The topological polar surface area (TPSA) is 79.6 Å². The van der Waals surface area contributed by atoms with Gasteiger partial charge in [0.05, 0.1) is 30.6 Å².